The van der Waals surface area contributed by atoms with E-state index in [1.54, 1.807) is 23.9 Å². The molecular formula is C21H24ClFN2O2S. The van der Waals surface area contributed by atoms with Gasteiger partial charge in [-0.3, -0.25) is 9.69 Å². The SMILES string of the molecule is O=C(CCSc1ccc(F)cc1)NCC(c1ccccc1Cl)N1CCOCC1. The number of nitrogens with zero attached hydrogens (tertiary/aromatic N) is 1. The lowest BCUT2D eigenvalue weighted by Gasteiger charge is -2.35. The molecule has 1 N–H and O–H groups in total. The predicted octanol–water partition coefficient (Wildman–Crippen LogP) is 4.15. The van der Waals surface area contributed by atoms with Gasteiger partial charge in [0.2, 0.25) is 5.91 Å². The highest BCUT2D eigenvalue weighted by atomic mass is 35.5. The van der Waals surface area contributed by atoms with Gasteiger partial charge < -0.3 is 10.1 Å². The highest BCUT2D eigenvalue weighted by Gasteiger charge is 2.24. The van der Waals surface area contributed by atoms with E-state index in [9.17, 15) is 9.18 Å². The summed E-state index contributed by atoms with van der Waals surface area (Å²) in [5.74, 6) is 0.391. The van der Waals surface area contributed by atoms with Crippen LogP contribution < -0.4 is 5.32 Å². The smallest absolute Gasteiger partial charge is 0.220 e. The van der Waals surface area contributed by atoms with E-state index >= 15 is 0 Å². The van der Waals surface area contributed by atoms with Crippen molar-refractivity contribution in [3.63, 3.8) is 0 Å². The van der Waals surface area contributed by atoms with Crippen molar-refractivity contribution < 1.29 is 13.9 Å². The quantitative estimate of drug-likeness (QED) is 0.649. The van der Waals surface area contributed by atoms with Crippen molar-refractivity contribution in [2.45, 2.75) is 17.4 Å². The number of nitrogens with one attached hydrogen (secondary N) is 1. The molecule has 0 bridgehead atoms. The minimum absolute atomic E-state index is 0.0000697. The second-order valence-electron chi connectivity index (χ2n) is 6.54. The summed E-state index contributed by atoms with van der Waals surface area (Å²) in [5, 5.41) is 3.76. The van der Waals surface area contributed by atoms with E-state index in [0.29, 0.717) is 37.0 Å². The van der Waals surface area contributed by atoms with Gasteiger partial charge in [-0.15, -0.1) is 11.8 Å². The number of rotatable bonds is 8. The molecule has 7 heteroatoms. The number of carbonyl (C=O) groups excluding carboxylic acids is 1. The molecule has 1 atom stereocenters. The number of amides is 1. The monoisotopic (exact) mass is 422 g/mol. The third-order valence-corrected chi connectivity index (χ3v) is 6.01. The fourth-order valence-electron chi connectivity index (χ4n) is 3.16. The maximum atomic E-state index is 12.9. The Bertz CT molecular complexity index is 769. The number of hydrogen-bond donors (Lipinski definition) is 1. The van der Waals surface area contributed by atoms with Crippen LogP contribution in [0, 0.1) is 5.82 Å². The average Bonchev–Trinajstić information content (AvgIpc) is 2.72. The van der Waals surface area contributed by atoms with Crippen molar-refractivity contribution >= 4 is 29.3 Å². The van der Waals surface area contributed by atoms with Gasteiger partial charge in [0.05, 0.1) is 19.3 Å². The Kier molecular flexibility index (Phi) is 8.15. The molecule has 1 heterocycles. The zero-order chi connectivity index (χ0) is 19.8. The normalized spacial score (nSPS) is 15.9. The van der Waals surface area contributed by atoms with Crippen molar-refractivity contribution in [2.75, 3.05) is 38.6 Å². The Morgan fingerprint density at radius 1 is 1.18 bits per heavy atom. The molecule has 150 valence electrons. The first kappa shape index (κ1) is 21.1. The van der Waals surface area contributed by atoms with Crippen LogP contribution in [0.3, 0.4) is 0 Å². The van der Waals surface area contributed by atoms with Gasteiger partial charge in [0, 0.05) is 41.7 Å². The molecule has 1 saturated heterocycles. The molecule has 0 aliphatic carbocycles. The fourth-order valence-corrected chi connectivity index (χ4v) is 4.27. The third-order valence-electron chi connectivity index (χ3n) is 4.65. The van der Waals surface area contributed by atoms with Crippen molar-refractivity contribution in [2.24, 2.45) is 0 Å². The molecule has 0 radical (unpaired) electrons. The highest BCUT2D eigenvalue weighted by molar-refractivity contribution is 7.99. The molecule has 0 saturated carbocycles. The maximum Gasteiger partial charge on any atom is 0.220 e. The number of ether oxygens (including phenoxy) is 1. The van der Waals surface area contributed by atoms with Crippen molar-refractivity contribution in [1.82, 2.24) is 10.2 Å². The van der Waals surface area contributed by atoms with Crippen LogP contribution in [0.2, 0.25) is 5.02 Å². The van der Waals surface area contributed by atoms with Gasteiger partial charge >= 0.3 is 0 Å². The van der Waals surface area contributed by atoms with E-state index in [1.165, 1.54) is 12.1 Å². The molecule has 0 aromatic heterocycles. The summed E-state index contributed by atoms with van der Waals surface area (Å²) in [4.78, 5) is 15.6. The summed E-state index contributed by atoms with van der Waals surface area (Å²) < 4.78 is 18.4. The minimum atomic E-state index is -0.254. The molecule has 0 spiro atoms. The molecule has 4 nitrogen and oxygen atoms in total. The van der Waals surface area contributed by atoms with Crippen LogP contribution in [-0.4, -0.2) is 49.4 Å². The largest absolute Gasteiger partial charge is 0.379 e. The lowest BCUT2D eigenvalue weighted by Crippen LogP contribution is -2.44. The first-order chi connectivity index (χ1) is 13.6. The fraction of sp³-hybridized carbons (Fsp3) is 0.381. The van der Waals surface area contributed by atoms with Crippen LogP contribution in [0.4, 0.5) is 4.39 Å². The van der Waals surface area contributed by atoms with Crippen LogP contribution in [0.25, 0.3) is 0 Å². The van der Waals surface area contributed by atoms with Crippen LogP contribution in [0.15, 0.2) is 53.4 Å². The maximum absolute atomic E-state index is 12.9. The molecular weight excluding hydrogens is 399 g/mol. The molecule has 1 unspecified atom stereocenters. The van der Waals surface area contributed by atoms with E-state index in [4.69, 9.17) is 16.3 Å². The second-order valence-corrected chi connectivity index (χ2v) is 8.12. The number of halogens is 2. The molecule has 1 fully saturated rings. The van der Waals surface area contributed by atoms with Gasteiger partial charge in [-0.2, -0.15) is 0 Å². The Hall–Kier alpha value is -1.60. The van der Waals surface area contributed by atoms with E-state index in [2.05, 4.69) is 10.2 Å². The number of benzene rings is 2. The number of thioether (sulfide) groups is 1. The highest BCUT2D eigenvalue weighted by Crippen LogP contribution is 2.28. The third kappa shape index (κ3) is 6.21. The van der Waals surface area contributed by atoms with E-state index in [0.717, 1.165) is 23.5 Å². The first-order valence-electron chi connectivity index (χ1n) is 9.35. The zero-order valence-electron chi connectivity index (χ0n) is 15.6. The van der Waals surface area contributed by atoms with Gasteiger partial charge in [-0.05, 0) is 35.9 Å². The van der Waals surface area contributed by atoms with E-state index < -0.39 is 0 Å². The Labute approximate surface area is 174 Å². The van der Waals surface area contributed by atoms with E-state index in [-0.39, 0.29) is 17.8 Å². The Morgan fingerprint density at radius 2 is 1.89 bits per heavy atom. The molecule has 2 aromatic rings. The number of hydrogen-bond acceptors (Lipinski definition) is 4. The van der Waals surface area contributed by atoms with Gasteiger partial charge in [0.15, 0.2) is 0 Å². The van der Waals surface area contributed by atoms with Gasteiger partial charge in [-0.25, -0.2) is 4.39 Å². The standard InChI is InChI=1S/C21H24ClFN2O2S/c22-19-4-2-1-3-18(19)20(25-10-12-27-13-11-25)15-24-21(26)9-14-28-17-7-5-16(23)6-8-17/h1-8,20H,9-15H2,(H,24,26). The molecule has 1 amide bonds. The average molecular weight is 423 g/mol. The molecule has 1 aliphatic heterocycles. The topological polar surface area (TPSA) is 41.6 Å². The molecule has 28 heavy (non-hydrogen) atoms. The van der Waals surface area contributed by atoms with Crippen molar-refractivity contribution in [1.29, 1.82) is 0 Å². The molecule has 1 aliphatic rings. The Morgan fingerprint density at radius 3 is 2.61 bits per heavy atom. The van der Waals surface area contributed by atoms with Crippen LogP contribution in [0.5, 0.6) is 0 Å². The van der Waals surface area contributed by atoms with Crippen LogP contribution in [-0.2, 0) is 9.53 Å². The summed E-state index contributed by atoms with van der Waals surface area (Å²) in [5.41, 5.74) is 1.02. The lowest BCUT2D eigenvalue weighted by molar-refractivity contribution is -0.121. The number of carbonyl (C=O) groups is 1. The van der Waals surface area contributed by atoms with Crippen LogP contribution in [0.1, 0.15) is 18.0 Å². The predicted molar refractivity (Wildman–Crippen MR) is 111 cm³/mol. The lowest BCUT2D eigenvalue weighted by atomic mass is 10.0. The second kappa shape index (κ2) is 10.8. The van der Waals surface area contributed by atoms with Gasteiger partial charge in [0.25, 0.3) is 0 Å². The minimum Gasteiger partial charge on any atom is -0.379 e. The summed E-state index contributed by atoms with van der Waals surface area (Å²) in [6.45, 7) is 3.49. The van der Waals surface area contributed by atoms with E-state index in [1.807, 2.05) is 24.3 Å². The zero-order valence-corrected chi connectivity index (χ0v) is 17.1. The summed E-state index contributed by atoms with van der Waals surface area (Å²) in [7, 11) is 0. The van der Waals surface area contributed by atoms with Crippen LogP contribution >= 0.6 is 23.4 Å². The van der Waals surface area contributed by atoms with Crippen molar-refractivity contribution in [3.05, 3.63) is 64.9 Å². The Balaban J connectivity index is 1.53. The van der Waals surface area contributed by atoms with Gasteiger partial charge in [-0.1, -0.05) is 29.8 Å². The molecule has 2 aromatic carbocycles. The molecule has 3 rings (SSSR count). The summed E-state index contributed by atoms with van der Waals surface area (Å²) >= 11 is 7.96. The van der Waals surface area contributed by atoms with Crippen molar-refractivity contribution in [3.8, 4) is 0 Å². The van der Waals surface area contributed by atoms with Gasteiger partial charge in [0.1, 0.15) is 5.82 Å². The first-order valence-corrected chi connectivity index (χ1v) is 10.7. The summed E-state index contributed by atoms with van der Waals surface area (Å²) in [6.07, 6.45) is 0.403. The summed E-state index contributed by atoms with van der Waals surface area (Å²) in [6, 6.07) is 14.1. The number of morpholine rings is 1.